The summed E-state index contributed by atoms with van der Waals surface area (Å²) in [5.41, 5.74) is 3.79. The molecular formula is C26H25FN4OS. The van der Waals surface area contributed by atoms with Gasteiger partial charge in [0.2, 0.25) is 5.91 Å². The lowest BCUT2D eigenvalue weighted by molar-refractivity contribution is -0.118. The molecule has 33 heavy (non-hydrogen) atoms. The van der Waals surface area contributed by atoms with Crippen LogP contribution in [0.2, 0.25) is 0 Å². The van der Waals surface area contributed by atoms with Crippen LogP contribution in [0.1, 0.15) is 30.9 Å². The molecule has 4 rings (SSSR count). The van der Waals surface area contributed by atoms with Gasteiger partial charge < -0.3 is 5.32 Å². The summed E-state index contributed by atoms with van der Waals surface area (Å²) in [6.07, 6.45) is 0. The summed E-state index contributed by atoms with van der Waals surface area (Å²) >= 11 is 1.29. The molecule has 0 aliphatic heterocycles. The average Bonchev–Trinajstić information content (AvgIpc) is 3.26. The van der Waals surface area contributed by atoms with Crippen molar-refractivity contribution in [3.8, 4) is 17.1 Å². The number of para-hydroxylation sites is 1. The molecule has 0 bridgehead atoms. The zero-order chi connectivity index (χ0) is 23.2. The maximum Gasteiger partial charge on any atom is 0.230 e. The number of aromatic nitrogens is 3. The van der Waals surface area contributed by atoms with Crippen LogP contribution < -0.4 is 5.32 Å². The third kappa shape index (κ3) is 5.68. The summed E-state index contributed by atoms with van der Waals surface area (Å²) < 4.78 is 15.7. The summed E-state index contributed by atoms with van der Waals surface area (Å²) in [5, 5.41) is 12.1. The van der Waals surface area contributed by atoms with Gasteiger partial charge in [0, 0.05) is 17.8 Å². The predicted octanol–water partition coefficient (Wildman–Crippen LogP) is 5.61. The zero-order valence-corrected chi connectivity index (χ0v) is 19.3. The van der Waals surface area contributed by atoms with Gasteiger partial charge in [-0.2, -0.15) is 0 Å². The number of nitrogens with zero attached hydrogens (tertiary/aromatic N) is 3. The Bertz CT molecular complexity index is 1220. The summed E-state index contributed by atoms with van der Waals surface area (Å²) in [5.74, 6) is 0.754. The number of rotatable bonds is 8. The topological polar surface area (TPSA) is 59.8 Å². The fourth-order valence-corrected chi connectivity index (χ4v) is 4.17. The van der Waals surface area contributed by atoms with Crippen LogP contribution in [0.25, 0.3) is 17.1 Å². The highest BCUT2D eigenvalue weighted by Crippen LogP contribution is 2.28. The smallest absolute Gasteiger partial charge is 0.230 e. The van der Waals surface area contributed by atoms with E-state index >= 15 is 0 Å². The largest absolute Gasteiger partial charge is 0.351 e. The number of hydrogen-bond acceptors (Lipinski definition) is 4. The van der Waals surface area contributed by atoms with Gasteiger partial charge in [0.05, 0.1) is 5.75 Å². The Labute approximate surface area is 197 Å². The lowest BCUT2D eigenvalue weighted by Crippen LogP contribution is -2.24. The molecule has 1 heterocycles. The number of hydrogen-bond donors (Lipinski definition) is 1. The van der Waals surface area contributed by atoms with Crippen molar-refractivity contribution < 1.29 is 9.18 Å². The summed E-state index contributed by atoms with van der Waals surface area (Å²) in [7, 11) is 0. The van der Waals surface area contributed by atoms with Crippen LogP contribution >= 0.6 is 11.8 Å². The highest BCUT2D eigenvalue weighted by Gasteiger charge is 2.17. The molecule has 1 aromatic heterocycles. The highest BCUT2D eigenvalue weighted by atomic mass is 32.2. The normalized spacial score (nSPS) is 11.0. The van der Waals surface area contributed by atoms with Gasteiger partial charge in [-0.25, -0.2) is 4.39 Å². The maximum absolute atomic E-state index is 13.8. The molecule has 7 heteroatoms. The molecule has 0 aliphatic carbocycles. The lowest BCUT2D eigenvalue weighted by atomic mass is 10.0. The minimum atomic E-state index is -0.342. The third-order valence-corrected chi connectivity index (χ3v) is 6.13. The molecule has 0 atom stereocenters. The van der Waals surface area contributed by atoms with Gasteiger partial charge in [-0.15, -0.1) is 10.2 Å². The van der Waals surface area contributed by atoms with Crippen LogP contribution in [0, 0.1) is 5.82 Å². The van der Waals surface area contributed by atoms with Crippen molar-refractivity contribution in [3.63, 3.8) is 0 Å². The first-order chi connectivity index (χ1) is 16.0. The Morgan fingerprint density at radius 3 is 2.45 bits per heavy atom. The van der Waals surface area contributed by atoms with Crippen LogP contribution in [-0.2, 0) is 11.3 Å². The number of thioether (sulfide) groups is 1. The Morgan fingerprint density at radius 2 is 1.76 bits per heavy atom. The minimum Gasteiger partial charge on any atom is -0.351 e. The molecule has 5 nitrogen and oxygen atoms in total. The van der Waals surface area contributed by atoms with Gasteiger partial charge in [-0.3, -0.25) is 9.36 Å². The van der Waals surface area contributed by atoms with Crippen molar-refractivity contribution in [1.82, 2.24) is 20.1 Å². The summed E-state index contributed by atoms with van der Waals surface area (Å²) in [4.78, 5) is 12.5. The van der Waals surface area contributed by atoms with Crippen LogP contribution in [0.5, 0.6) is 0 Å². The fourth-order valence-electron chi connectivity index (χ4n) is 3.39. The first kappa shape index (κ1) is 22.7. The van der Waals surface area contributed by atoms with E-state index in [0.29, 0.717) is 29.0 Å². The van der Waals surface area contributed by atoms with Crippen molar-refractivity contribution in [2.24, 2.45) is 0 Å². The maximum atomic E-state index is 13.8. The number of halogens is 1. The van der Waals surface area contributed by atoms with Crippen LogP contribution in [0.4, 0.5) is 4.39 Å². The summed E-state index contributed by atoms with van der Waals surface area (Å²) in [6, 6.07) is 24.1. The number of amides is 1. The number of nitrogens with one attached hydrogen (secondary N) is 1. The molecule has 1 amide bonds. The molecule has 0 unspecified atom stereocenters. The van der Waals surface area contributed by atoms with E-state index in [-0.39, 0.29) is 17.5 Å². The Balaban J connectivity index is 1.47. The lowest BCUT2D eigenvalue weighted by Gasteiger charge is -2.11. The van der Waals surface area contributed by atoms with Gasteiger partial charge in [0.15, 0.2) is 11.0 Å². The average molecular weight is 461 g/mol. The van der Waals surface area contributed by atoms with Gasteiger partial charge >= 0.3 is 0 Å². The number of carbonyl (C=O) groups excluding carboxylic acids is 1. The molecule has 4 aromatic rings. The van der Waals surface area contributed by atoms with Crippen molar-refractivity contribution in [2.75, 3.05) is 5.75 Å². The van der Waals surface area contributed by atoms with Crippen LogP contribution in [-0.4, -0.2) is 26.4 Å². The number of carbonyl (C=O) groups is 1. The zero-order valence-electron chi connectivity index (χ0n) is 18.5. The standard InChI is InChI=1S/C26H25FN4OS/c1-18(2)20-13-11-19(12-14-20)16-28-24(32)17-33-26-30-29-25(21-7-6-8-22(27)15-21)31(26)23-9-4-3-5-10-23/h3-15,18H,16-17H2,1-2H3,(H,28,32). The van der Waals surface area contributed by atoms with E-state index < -0.39 is 0 Å². The second kappa shape index (κ2) is 10.4. The fraction of sp³-hybridized carbons (Fsp3) is 0.192. The first-order valence-corrected chi connectivity index (χ1v) is 11.7. The molecule has 3 aromatic carbocycles. The molecule has 0 fully saturated rings. The van der Waals surface area contributed by atoms with Crippen molar-refractivity contribution in [1.29, 1.82) is 0 Å². The highest BCUT2D eigenvalue weighted by molar-refractivity contribution is 7.99. The third-order valence-electron chi connectivity index (χ3n) is 5.20. The van der Waals surface area contributed by atoms with Crippen LogP contribution in [0.15, 0.2) is 84.0 Å². The van der Waals surface area contributed by atoms with Crippen LogP contribution in [0.3, 0.4) is 0 Å². The Kier molecular flexibility index (Phi) is 7.19. The molecule has 0 aliphatic rings. The predicted molar refractivity (Wildman–Crippen MR) is 130 cm³/mol. The summed E-state index contributed by atoms with van der Waals surface area (Å²) in [6.45, 7) is 4.78. The molecule has 0 saturated heterocycles. The van der Waals surface area contributed by atoms with Crippen molar-refractivity contribution >= 4 is 17.7 Å². The molecule has 0 spiro atoms. The second-order valence-corrected chi connectivity index (χ2v) is 8.89. The first-order valence-electron chi connectivity index (χ1n) is 10.8. The van der Waals surface area contributed by atoms with Gasteiger partial charge in [0.25, 0.3) is 0 Å². The Morgan fingerprint density at radius 1 is 1.00 bits per heavy atom. The van der Waals surface area contributed by atoms with Crippen molar-refractivity contribution in [3.05, 3.63) is 95.8 Å². The van der Waals surface area contributed by atoms with E-state index in [9.17, 15) is 9.18 Å². The molecule has 0 saturated carbocycles. The van der Waals surface area contributed by atoms with E-state index in [4.69, 9.17) is 0 Å². The van der Waals surface area contributed by atoms with Gasteiger partial charge in [-0.1, -0.05) is 80.2 Å². The van der Waals surface area contributed by atoms with E-state index in [1.54, 1.807) is 12.1 Å². The molecule has 1 N–H and O–H groups in total. The van der Waals surface area contributed by atoms with E-state index in [1.165, 1.54) is 29.5 Å². The minimum absolute atomic E-state index is 0.0946. The quantitative estimate of drug-likeness (QED) is 0.348. The second-order valence-electron chi connectivity index (χ2n) is 7.95. The van der Waals surface area contributed by atoms with E-state index in [1.807, 2.05) is 47.0 Å². The monoisotopic (exact) mass is 460 g/mol. The molecular weight excluding hydrogens is 435 g/mol. The Hall–Kier alpha value is -3.45. The van der Waals surface area contributed by atoms with Crippen molar-refractivity contribution in [2.45, 2.75) is 31.5 Å². The number of benzene rings is 3. The SMILES string of the molecule is CC(C)c1ccc(CNC(=O)CSc2nnc(-c3cccc(F)c3)n2-c2ccccc2)cc1. The van der Waals surface area contributed by atoms with E-state index in [2.05, 4.69) is 41.5 Å². The molecule has 0 radical (unpaired) electrons. The molecule has 168 valence electrons. The van der Waals surface area contributed by atoms with Gasteiger partial charge in [0.1, 0.15) is 5.82 Å². The van der Waals surface area contributed by atoms with Gasteiger partial charge in [-0.05, 0) is 41.3 Å². The van der Waals surface area contributed by atoms with E-state index in [0.717, 1.165) is 11.3 Å².